The molecule has 7 heteroatoms. The van der Waals surface area contributed by atoms with E-state index in [1.807, 2.05) is 13.1 Å². The van der Waals surface area contributed by atoms with Crippen LogP contribution in [-0.4, -0.2) is 28.1 Å². The van der Waals surface area contributed by atoms with Gasteiger partial charge < -0.3 is 20.4 Å². The minimum Gasteiger partial charge on any atom is -0.462 e. The van der Waals surface area contributed by atoms with Crippen molar-refractivity contribution in [1.82, 2.24) is 14.9 Å². The first-order valence-electron chi connectivity index (χ1n) is 6.23. The van der Waals surface area contributed by atoms with Crippen LogP contribution in [0.5, 0.6) is 0 Å². The van der Waals surface area contributed by atoms with Crippen molar-refractivity contribution in [3.63, 3.8) is 0 Å². The Bertz CT molecular complexity index is 662. The number of guanidine groups is 1. The highest BCUT2D eigenvalue weighted by atomic mass is 16.5. The molecule has 0 unspecified atom stereocenters. The minimum absolute atomic E-state index is 0.155. The number of pyridine rings is 1. The number of nitrogens with two attached hydrogens (primary N) is 1. The second-order valence-electron chi connectivity index (χ2n) is 4.24. The second-order valence-corrected chi connectivity index (χ2v) is 4.24. The average Bonchev–Trinajstić information content (AvgIpc) is 2.70. The zero-order valence-electron chi connectivity index (χ0n) is 11.4. The first-order valence-corrected chi connectivity index (χ1v) is 6.23. The molecule has 0 spiro atoms. The molecule has 0 saturated heterocycles. The third-order valence-electron chi connectivity index (χ3n) is 2.99. The molecule has 2 rings (SSSR count). The maximum atomic E-state index is 12.2. The summed E-state index contributed by atoms with van der Waals surface area (Å²) < 4.78 is 6.91. The Morgan fingerprint density at radius 1 is 1.60 bits per heavy atom. The number of ether oxygens (including phenoxy) is 1. The Labute approximate surface area is 116 Å². The molecule has 0 amide bonds. The number of carbonyl (C=O) groups is 1. The molecule has 4 N–H and O–H groups in total. The molecule has 0 aromatic carbocycles. The van der Waals surface area contributed by atoms with Crippen LogP contribution in [0.4, 0.5) is 0 Å². The summed E-state index contributed by atoms with van der Waals surface area (Å²) in [6.45, 7) is 2.32. The van der Waals surface area contributed by atoms with E-state index < -0.39 is 5.97 Å². The van der Waals surface area contributed by atoms with E-state index in [1.165, 1.54) is 0 Å². The summed E-state index contributed by atoms with van der Waals surface area (Å²) >= 11 is 0. The Balaban J connectivity index is 2.57. The van der Waals surface area contributed by atoms with Gasteiger partial charge in [-0.15, -0.1) is 0 Å². The van der Waals surface area contributed by atoms with E-state index in [0.717, 1.165) is 5.39 Å². The lowest BCUT2D eigenvalue weighted by Gasteiger charge is -2.08. The number of esters is 1. The number of hydrogen-bond acceptors (Lipinski definition) is 4. The summed E-state index contributed by atoms with van der Waals surface area (Å²) in [7, 11) is 1.81. The van der Waals surface area contributed by atoms with Gasteiger partial charge in [-0.1, -0.05) is 0 Å². The van der Waals surface area contributed by atoms with Crippen molar-refractivity contribution < 1.29 is 9.53 Å². The van der Waals surface area contributed by atoms with Crippen LogP contribution in [0.3, 0.4) is 0 Å². The molecule has 0 radical (unpaired) electrons. The van der Waals surface area contributed by atoms with Crippen molar-refractivity contribution in [1.29, 1.82) is 5.41 Å². The summed E-state index contributed by atoms with van der Waals surface area (Å²) in [5.41, 5.74) is 7.14. The van der Waals surface area contributed by atoms with Gasteiger partial charge in [-0.25, -0.2) is 9.78 Å². The zero-order valence-corrected chi connectivity index (χ0v) is 11.4. The molecule has 0 fully saturated rings. The number of hydrogen-bond donors (Lipinski definition) is 3. The smallest absolute Gasteiger partial charge is 0.340 e. The summed E-state index contributed by atoms with van der Waals surface area (Å²) in [5, 5.41) is 10.7. The number of carbonyl (C=O) groups excluding carboxylic acids is 1. The summed E-state index contributed by atoms with van der Waals surface area (Å²) in [6, 6.07) is 3.60. The van der Waals surface area contributed by atoms with Crippen LogP contribution in [0.1, 0.15) is 23.0 Å². The van der Waals surface area contributed by atoms with Gasteiger partial charge in [-0.05, 0) is 19.1 Å². The summed E-state index contributed by atoms with van der Waals surface area (Å²) in [6.07, 6.45) is 1.67. The molecule has 0 atom stereocenters. The van der Waals surface area contributed by atoms with E-state index in [1.54, 1.807) is 23.8 Å². The number of rotatable bonds is 4. The van der Waals surface area contributed by atoms with Crippen LogP contribution in [-0.2, 0) is 18.3 Å². The van der Waals surface area contributed by atoms with Gasteiger partial charge in [0.2, 0.25) is 0 Å². The molecule has 2 aromatic rings. The molecule has 2 heterocycles. The molecule has 0 aliphatic heterocycles. The van der Waals surface area contributed by atoms with Gasteiger partial charge >= 0.3 is 5.97 Å². The standard InChI is InChI=1S/C13H17N5O2/c1-3-20-12(19)10-8-5-4-6-16-11(8)18(2)9(10)7-17-13(14)15/h4-6H,3,7H2,1-2H3,(H4,14,15,17). The van der Waals surface area contributed by atoms with Crippen LogP contribution < -0.4 is 11.1 Å². The van der Waals surface area contributed by atoms with E-state index in [4.69, 9.17) is 15.9 Å². The maximum Gasteiger partial charge on any atom is 0.340 e. The van der Waals surface area contributed by atoms with Gasteiger partial charge in [-0.3, -0.25) is 5.41 Å². The molecule has 0 aliphatic carbocycles. The lowest BCUT2D eigenvalue weighted by molar-refractivity contribution is 0.0527. The zero-order chi connectivity index (χ0) is 14.7. The van der Waals surface area contributed by atoms with E-state index in [2.05, 4.69) is 10.3 Å². The fourth-order valence-electron chi connectivity index (χ4n) is 2.13. The predicted octanol–water partition coefficient (Wildman–Crippen LogP) is 0.733. The normalized spacial score (nSPS) is 10.5. The van der Waals surface area contributed by atoms with Crippen molar-refractivity contribution in [2.45, 2.75) is 13.5 Å². The van der Waals surface area contributed by atoms with Gasteiger partial charge in [0.05, 0.1) is 24.4 Å². The molecule has 20 heavy (non-hydrogen) atoms. The van der Waals surface area contributed by atoms with Crippen molar-refractivity contribution in [3.8, 4) is 0 Å². The van der Waals surface area contributed by atoms with Gasteiger partial charge in [0.15, 0.2) is 5.96 Å². The second kappa shape index (κ2) is 5.60. The minimum atomic E-state index is -0.397. The first kappa shape index (κ1) is 13.9. The number of aromatic nitrogens is 2. The topological polar surface area (TPSA) is 106 Å². The number of nitrogens with zero attached hydrogens (tertiary/aromatic N) is 2. The highest BCUT2D eigenvalue weighted by Crippen LogP contribution is 2.24. The Kier molecular flexibility index (Phi) is 3.88. The number of fused-ring (bicyclic) bond motifs is 1. The van der Waals surface area contributed by atoms with Crippen molar-refractivity contribution >= 4 is 23.0 Å². The number of aryl methyl sites for hydroxylation is 1. The van der Waals surface area contributed by atoms with Crippen molar-refractivity contribution in [2.24, 2.45) is 12.8 Å². The quantitative estimate of drug-likeness (QED) is 0.433. The molecule has 0 bridgehead atoms. The summed E-state index contributed by atoms with van der Waals surface area (Å²) in [5.74, 6) is -0.551. The highest BCUT2D eigenvalue weighted by Gasteiger charge is 2.22. The highest BCUT2D eigenvalue weighted by molar-refractivity contribution is 6.05. The summed E-state index contributed by atoms with van der Waals surface area (Å²) in [4.78, 5) is 16.4. The molecular formula is C13H17N5O2. The van der Waals surface area contributed by atoms with Crippen LogP contribution >= 0.6 is 0 Å². The SMILES string of the molecule is CCOC(=O)c1c(CNC(=N)N)n(C)c2ncccc12. The Morgan fingerprint density at radius 3 is 3.00 bits per heavy atom. The van der Waals surface area contributed by atoms with Gasteiger partial charge in [0.1, 0.15) is 5.65 Å². The lowest BCUT2D eigenvalue weighted by atomic mass is 10.1. The molecule has 0 saturated carbocycles. The monoisotopic (exact) mass is 275 g/mol. The van der Waals surface area contributed by atoms with E-state index in [0.29, 0.717) is 23.5 Å². The molecule has 106 valence electrons. The van der Waals surface area contributed by atoms with Crippen molar-refractivity contribution in [3.05, 3.63) is 29.6 Å². The fraction of sp³-hybridized carbons (Fsp3) is 0.308. The number of nitrogens with one attached hydrogen (secondary N) is 2. The van der Waals surface area contributed by atoms with E-state index in [-0.39, 0.29) is 12.5 Å². The van der Waals surface area contributed by atoms with Crippen LogP contribution in [0.2, 0.25) is 0 Å². The van der Waals surface area contributed by atoms with Gasteiger partial charge in [-0.2, -0.15) is 0 Å². The third kappa shape index (κ3) is 2.42. The average molecular weight is 275 g/mol. The molecule has 0 aliphatic rings. The lowest BCUT2D eigenvalue weighted by Crippen LogP contribution is -2.31. The predicted molar refractivity (Wildman–Crippen MR) is 75.4 cm³/mol. The van der Waals surface area contributed by atoms with Crippen molar-refractivity contribution in [2.75, 3.05) is 6.61 Å². The van der Waals surface area contributed by atoms with Gasteiger partial charge in [0, 0.05) is 18.6 Å². The van der Waals surface area contributed by atoms with E-state index in [9.17, 15) is 4.79 Å². The molecule has 7 nitrogen and oxygen atoms in total. The van der Waals surface area contributed by atoms with Crippen LogP contribution in [0.15, 0.2) is 18.3 Å². The Morgan fingerprint density at radius 2 is 2.35 bits per heavy atom. The van der Waals surface area contributed by atoms with Crippen LogP contribution in [0, 0.1) is 5.41 Å². The molecular weight excluding hydrogens is 258 g/mol. The van der Waals surface area contributed by atoms with Gasteiger partial charge in [0.25, 0.3) is 0 Å². The first-order chi connectivity index (χ1) is 9.56. The Hall–Kier alpha value is -2.57. The fourth-order valence-corrected chi connectivity index (χ4v) is 2.13. The van der Waals surface area contributed by atoms with Crippen LogP contribution in [0.25, 0.3) is 11.0 Å². The maximum absolute atomic E-state index is 12.2. The van der Waals surface area contributed by atoms with E-state index >= 15 is 0 Å². The third-order valence-corrected chi connectivity index (χ3v) is 2.99. The largest absolute Gasteiger partial charge is 0.462 e. The molecule has 2 aromatic heterocycles.